The maximum atomic E-state index is 13.2. The van der Waals surface area contributed by atoms with Gasteiger partial charge in [0.05, 0.1) is 42.2 Å². The van der Waals surface area contributed by atoms with E-state index in [4.69, 9.17) is 14.7 Å². The van der Waals surface area contributed by atoms with Crippen molar-refractivity contribution in [1.82, 2.24) is 14.8 Å². The zero-order valence-electron chi connectivity index (χ0n) is 23.0. The molecule has 1 saturated heterocycles. The van der Waals surface area contributed by atoms with E-state index in [9.17, 15) is 9.59 Å². The number of carbonyl (C=O) groups excluding carboxylic acids is 2. The molecular formula is C31H35N5O3. The van der Waals surface area contributed by atoms with Gasteiger partial charge >= 0.3 is 0 Å². The van der Waals surface area contributed by atoms with Gasteiger partial charge in [0.15, 0.2) is 0 Å². The Hall–Kier alpha value is -4.04. The predicted molar refractivity (Wildman–Crippen MR) is 153 cm³/mol. The molecule has 1 N–H and O–H groups in total. The fourth-order valence-corrected chi connectivity index (χ4v) is 5.33. The highest BCUT2D eigenvalue weighted by molar-refractivity contribution is 6.16. The smallest absolute Gasteiger partial charge is 0.255 e. The second-order valence-electron chi connectivity index (χ2n) is 10.3. The number of hydrogen-bond donors (Lipinski definition) is 1. The molecule has 2 amide bonds. The summed E-state index contributed by atoms with van der Waals surface area (Å²) in [5.74, 6) is 0.463. The van der Waals surface area contributed by atoms with E-state index in [-0.39, 0.29) is 17.7 Å². The van der Waals surface area contributed by atoms with E-state index in [1.54, 1.807) is 21.2 Å². The number of piperidine rings is 1. The van der Waals surface area contributed by atoms with Crippen molar-refractivity contribution >= 4 is 23.2 Å². The van der Waals surface area contributed by atoms with E-state index in [0.29, 0.717) is 17.8 Å². The fourth-order valence-electron chi connectivity index (χ4n) is 5.33. The van der Waals surface area contributed by atoms with Crippen LogP contribution in [0, 0.1) is 5.92 Å². The van der Waals surface area contributed by atoms with Crippen LogP contribution in [0.25, 0.3) is 11.1 Å². The Morgan fingerprint density at radius 1 is 1.10 bits per heavy atom. The van der Waals surface area contributed by atoms with Crippen LogP contribution in [0.2, 0.25) is 0 Å². The summed E-state index contributed by atoms with van der Waals surface area (Å²) in [6.45, 7) is 5.33. The van der Waals surface area contributed by atoms with Gasteiger partial charge in [0.2, 0.25) is 5.91 Å². The number of aromatic nitrogens is 1. The number of hydrogen-bond acceptors (Lipinski definition) is 6. The number of aliphatic imine (C=N–C) groups is 1. The van der Waals surface area contributed by atoms with Crippen molar-refractivity contribution in [2.24, 2.45) is 10.9 Å². The monoisotopic (exact) mass is 525 g/mol. The number of methoxy groups -OCH3 is 1. The van der Waals surface area contributed by atoms with Gasteiger partial charge < -0.3 is 19.9 Å². The molecule has 1 fully saturated rings. The van der Waals surface area contributed by atoms with Crippen LogP contribution in [0.5, 0.6) is 5.75 Å². The Balaban J connectivity index is 1.47. The van der Waals surface area contributed by atoms with Gasteiger partial charge in [0.1, 0.15) is 5.75 Å². The maximum absolute atomic E-state index is 13.2. The third-order valence-corrected chi connectivity index (χ3v) is 7.55. The quantitative estimate of drug-likeness (QED) is 0.492. The lowest BCUT2D eigenvalue weighted by molar-refractivity contribution is -0.121. The molecule has 0 aliphatic carbocycles. The molecular weight excluding hydrogens is 490 g/mol. The summed E-state index contributed by atoms with van der Waals surface area (Å²) in [6.07, 6.45) is 3.67. The van der Waals surface area contributed by atoms with Crippen LogP contribution in [-0.4, -0.2) is 73.1 Å². The highest BCUT2D eigenvalue weighted by atomic mass is 16.5. The largest absolute Gasteiger partial charge is 0.496 e. The van der Waals surface area contributed by atoms with Gasteiger partial charge in [-0.1, -0.05) is 25.1 Å². The van der Waals surface area contributed by atoms with Gasteiger partial charge in [-0.15, -0.1) is 0 Å². The first-order valence-corrected chi connectivity index (χ1v) is 13.5. The standard InChI is InChI=1S/C31H35N5O3/c1-5-36-14-8-9-21(19-36)30(37)34-26-13-12-20(15-25(26)31(38)35(2)3)22-16-24-27(32-17-22)18-33-29(24)23-10-6-7-11-28(23)39-4/h6-7,10-13,15-17,21H,5,8-9,14,18-19H2,1-4H3,(H,34,37). The topological polar surface area (TPSA) is 87.1 Å². The third kappa shape index (κ3) is 5.43. The summed E-state index contributed by atoms with van der Waals surface area (Å²) in [6, 6.07) is 15.5. The molecule has 0 radical (unpaired) electrons. The number of anilines is 1. The highest BCUT2D eigenvalue weighted by Crippen LogP contribution is 2.32. The van der Waals surface area contributed by atoms with Gasteiger partial charge in [0, 0.05) is 43.5 Å². The summed E-state index contributed by atoms with van der Waals surface area (Å²) in [5, 5.41) is 3.06. The molecule has 0 bridgehead atoms. The second-order valence-corrected chi connectivity index (χ2v) is 10.3. The molecule has 2 aromatic carbocycles. The summed E-state index contributed by atoms with van der Waals surface area (Å²) in [7, 11) is 5.09. The van der Waals surface area contributed by atoms with Crippen LogP contribution in [0.1, 0.15) is 46.9 Å². The summed E-state index contributed by atoms with van der Waals surface area (Å²) >= 11 is 0. The maximum Gasteiger partial charge on any atom is 0.255 e. The average molecular weight is 526 g/mol. The first kappa shape index (κ1) is 26.6. The molecule has 8 heteroatoms. The number of ether oxygens (including phenoxy) is 1. The lowest BCUT2D eigenvalue weighted by Crippen LogP contribution is -2.40. The van der Waals surface area contributed by atoms with Crippen LogP contribution < -0.4 is 10.1 Å². The summed E-state index contributed by atoms with van der Waals surface area (Å²) in [5.41, 5.74) is 6.32. The lowest BCUT2D eigenvalue weighted by atomic mass is 9.95. The van der Waals surface area contributed by atoms with Crippen molar-refractivity contribution in [2.75, 3.05) is 46.2 Å². The van der Waals surface area contributed by atoms with Crippen LogP contribution in [0.4, 0.5) is 5.69 Å². The van der Waals surface area contributed by atoms with Crippen molar-refractivity contribution in [3.05, 3.63) is 77.1 Å². The highest BCUT2D eigenvalue weighted by Gasteiger charge is 2.27. The molecule has 1 unspecified atom stereocenters. The molecule has 1 aromatic heterocycles. The molecule has 8 nitrogen and oxygen atoms in total. The average Bonchev–Trinajstić information content (AvgIpc) is 3.40. The van der Waals surface area contributed by atoms with Crippen molar-refractivity contribution in [3.63, 3.8) is 0 Å². The Morgan fingerprint density at radius 3 is 2.69 bits per heavy atom. The number of pyridine rings is 1. The first-order valence-electron chi connectivity index (χ1n) is 13.5. The molecule has 1 atom stereocenters. The van der Waals surface area contributed by atoms with Crippen LogP contribution in [-0.2, 0) is 11.3 Å². The second kappa shape index (κ2) is 11.4. The number of nitrogens with zero attached hydrogens (tertiary/aromatic N) is 4. The van der Waals surface area contributed by atoms with Gasteiger partial charge in [-0.25, -0.2) is 0 Å². The fraction of sp³-hybridized carbons (Fsp3) is 0.355. The number of amides is 2. The van der Waals surface area contributed by atoms with Crippen molar-refractivity contribution < 1.29 is 14.3 Å². The molecule has 2 aliphatic heterocycles. The van der Waals surface area contributed by atoms with Crippen molar-refractivity contribution in [2.45, 2.75) is 26.3 Å². The first-order chi connectivity index (χ1) is 18.9. The predicted octanol–water partition coefficient (Wildman–Crippen LogP) is 4.48. The normalized spacial score (nSPS) is 16.8. The van der Waals surface area contributed by atoms with Gasteiger partial charge in [-0.05, 0) is 61.8 Å². The number of para-hydroxylation sites is 1. The number of benzene rings is 2. The molecule has 202 valence electrons. The molecule has 3 heterocycles. The molecule has 3 aromatic rings. The Labute approximate surface area is 229 Å². The molecule has 39 heavy (non-hydrogen) atoms. The minimum absolute atomic E-state index is 0.0365. The van der Waals surface area contributed by atoms with Crippen LogP contribution in [0.3, 0.4) is 0 Å². The molecule has 0 spiro atoms. The number of nitrogens with one attached hydrogen (secondary N) is 1. The number of carbonyl (C=O) groups is 2. The van der Waals surface area contributed by atoms with Gasteiger partial charge in [-0.2, -0.15) is 0 Å². The molecule has 5 rings (SSSR count). The van der Waals surface area contributed by atoms with E-state index in [1.165, 1.54) is 4.90 Å². The van der Waals surface area contributed by atoms with E-state index in [1.807, 2.05) is 48.7 Å². The van der Waals surface area contributed by atoms with E-state index in [0.717, 1.165) is 71.9 Å². The Bertz CT molecular complexity index is 1430. The number of rotatable bonds is 7. The van der Waals surface area contributed by atoms with E-state index < -0.39 is 0 Å². The number of likely N-dealkylation sites (tertiary alicyclic amines) is 1. The number of fused-ring (bicyclic) bond motifs is 1. The zero-order chi connectivity index (χ0) is 27.5. The lowest BCUT2D eigenvalue weighted by Gasteiger charge is -2.31. The van der Waals surface area contributed by atoms with Crippen molar-refractivity contribution in [1.29, 1.82) is 0 Å². The third-order valence-electron chi connectivity index (χ3n) is 7.55. The summed E-state index contributed by atoms with van der Waals surface area (Å²) in [4.78, 5) is 39.7. The zero-order valence-corrected chi connectivity index (χ0v) is 23.0. The van der Waals surface area contributed by atoms with Crippen molar-refractivity contribution in [3.8, 4) is 16.9 Å². The van der Waals surface area contributed by atoms with Crippen LogP contribution >= 0.6 is 0 Å². The minimum Gasteiger partial charge on any atom is -0.496 e. The molecule has 0 saturated carbocycles. The van der Waals surface area contributed by atoms with Gasteiger partial charge in [-0.3, -0.25) is 19.6 Å². The Morgan fingerprint density at radius 2 is 1.92 bits per heavy atom. The van der Waals surface area contributed by atoms with Gasteiger partial charge in [0.25, 0.3) is 5.91 Å². The minimum atomic E-state index is -0.170. The van der Waals surface area contributed by atoms with E-state index in [2.05, 4.69) is 23.2 Å². The summed E-state index contributed by atoms with van der Waals surface area (Å²) < 4.78 is 5.57. The SMILES string of the molecule is CCN1CCCC(C(=O)Nc2ccc(-c3cnc4c(c3)C(c3ccccc3OC)=NC4)cc2C(=O)N(C)C)C1. The molecule has 2 aliphatic rings. The van der Waals surface area contributed by atoms with Crippen LogP contribution in [0.15, 0.2) is 59.7 Å². The Kier molecular flexibility index (Phi) is 7.74. The van der Waals surface area contributed by atoms with E-state index >= 15 is 0 Å².